The second-order valence-corrected chi connectivity index (χ2v) is 7.94. The molecule has 0 atom stereocenters. The van der Waals surface area contributed by atoms with Crippen LogP contribution in [0.2, 0.25) is 0 Å². The quantitative estimate of drug-likeness (QED) is 0.444. The summed E-state index contributed by atoms with van der Waals surface area (Å²) < 4.78 is 1.15. The molecule has 0 unspecified atom stereocenters. The maximum atomic E-state index is 13.0. The van der Waals surface area contributed by atoms with E-state index in [9.17, 15) is 4.79 Å². The molecular formula is C24H21NOS. The first-order chi connectivity index (χ1) is 13.1. The number of carbonyl (C=O) groups is 1. The van der Waals surface area contributed by atoms with Crippen molar-refractivity contribution in [1.82, 2.24) is 0 Å². The van der Waals surface area contributed by atoms with Crippen LogP contribution < -0.4 is 5.32 Å². The average molecular weight is 372 g/mol. The summed E-state index contributed by atoms with van der Waals surface area (Å²) in [7, 11) is 0. The van der Waals surface area contributed by atoms with Gasteiger partial charge < -0.3 is 5.32 Å². The molecule has 3 aromatic carbocycles. The van der Waals surface area contributed by atoms with Crippen LogP contribution in [0.15, 0.2) is 72.8 Å². The van der Waals surface area contributed by atoms with Gasteiger partial charge in [0.2, 0.25) is 0 Å². The van der Waals surface area contributed by atoms with Crippen molar-refractivity contribution in [3.05, 3.63) is 99.9 Å². The normalized spacial score (nSPS) is 10.9. The van der Waals surface area contributed by atoms with E-state index in [1.165, 1.54) is 16.7 Å². The first-order valence-electron chi connectivity index (χ1n) is 9.04. The second kappa shape index (κ2) is 7.37. The molecule has 3 heteroatoms. The summed E-state index contributed by atoms with van der Waals surface area (Å²) >= 11 is 1.56. The standard InChI is InChI=1S/C24H21NOS/c1-16-7-11-18(12-8-16)15-21-20-5-3-4-6-22(20)27-23(21)24(26)25-19-13-9-17(2)10-14-19/h3-14H,15H2,1-2H3,(H,25,26). The minimum Gasteiger partial charge on any atom is -0.321 e. The number of fused-ring (bicyclic) bond motifs is 1. The molecular weight excluding hydrogens is 350 g/mol. The Morgan fingerprint density at radius 3 is 2.19 bits per heavy atom. The predicted molar refractivity (Wildman–Crippen MR) is 115 cm³/mol. The van der Waals surface area contributed by atoms with Gasteiger partial charge in [-0.1, -0.05) is 65.7 Å². The highest BCUT2D eigenvalue weighted by Gasteiger charge is 2.18. The van der Waals surface area contributed by atoms with Crippen molar-refractivity contribution in [2.75, 3.05) is 5.32 Å². The van der Waals surface area contributed by atoms with Gasteiger partial charge in [-0.2, -0.15) is 0 Å². The van der Waals surface area contributed by atoms with Crippen molar-refractivity contribution in [1.29, 1.82) is 0 Å². The molecule has 27 heavy (non-hydrogen) atoms. The smallest absolute Gasteiger partial charge is 0.266 e. The highest BCUT2D eigenvalue weighted by Crippen LogP contribution is 2.33. The van der Waals surface area contributed by atoms with Crippen molar-refractivity contribution in [3.8, 4) is 0 Å². The van der Waals surface area contributed by atoms with E-state index in [1.54, 1.807) is 11.3 Å². The Morgan fingerprint density at radius 2 is 1.48 bits per heavy atom. The van der Waals surface area contributed by atoms with E-state index in [4.69, 9.17) is 0 Å². The van der Waals surface area contributed by atoms with Crippen molar-refractivity contribution in [2.24, 2.45) is 0 Å². The fourth-order valence-electron chi connectivity index (χ4n) is 3.19. The molecule has 0 saturated carbocycles. The van der Waals surface area contributed by atoms with Gasteiger partial charge in [0.15, 0.2) is 0 Å². The molecule has 0 saturated heterocycles. The van der Waals surface area contributed by atoms with Crippen LogP contribution in [-0.4, -0.2) is 5.91 Å². The maximum Gasteiger partial charge on any atom is 0.266 e. The summed E-state index contributed by atoms with van der Waals surface area (Å²) in [6.07, 6.45) is 0.751. The second-order valence-electron chi connectivity index (χ2n) is 6.89. The monoisotopic (exact) mass is 371 g/mol. The number of carbonyl (C=O) groups excluding carboxylic acids is 1. The Labute approximate surface area is 163 Å². The molecule has 1 N–H and O–H groups in total. The molecule has 0 aliphatic carbocycles. The molecule has 0 radical (unpaired) electrons. The van der Waals surface area contributed by atoms with Gasteiger partial charge in [0.05, 0.1) is 4.88 Å². The maximum absolute atomic E-state index is 13.0. The van der Waals surface area contributed by atoms with Crippen molar-refractivity contribution >= 4 is 33.0 Å². The van der Waals surface area contributed by atoms with Gasteiger partial charge in [-0.3, -0.25) is 4.79 Å². The molecule has 1 aromatic heterocycles. The number of anilines is 1. The Balaban J connectivity index is 1.71. The van der Waals surface area contributed by atoms with Crippen LogP contribution in [0.1, 0.15) is 31.9 Å². The van der Waals surface area contributed by atoms with E-state index in [2.05, 4.69) is 48.6 Å². The van der Waals surface area contributed by atoms with Gasteiger partial charge in [0.25, 0.3) is 5.91 Å². The van der Waals surface area contributed by atoms with Gasteiger partial charge in [-0.25, -0.2) is 0 Å². The van der Waals surface area contributed by atoms with E-state index < -0.39 is 0 Å². The largest absolute Gasteiger partial charge is 0.321 e. The molecule has 1 heterocycles. The zero-order chi connectivity index (χ0) is 18.8. The van der Waals surface area contributed by atoms with E-state index in [0.29, 0.717) is 0 Å². The molecule has 0 fully saturated rings. The van der Waals surface area contributed by atoms with Gasteiger partial charge in [0.1, 0.15) is 0 Å². The number of rotatable bonds is 4. The molecule has 0 bridgehead atoms. The molecule has 134 valence electrons. The van der Waals surface area contributed by atoms with Gasteiger partial charge >= 0.3 is 0 Å². The Bertz CT molecular complexity index is 1090. The van der Waals surface area contributed by atoms with Crippen molar-refractivity contribution in [2.45, 2.75) is 20.3 Å². The first-order valence-corrected chi connectivity index (χ1v) is 9.86. The topological polar surface area (TPSA) is 29.1 Å². The summed E-state index contributed by atoms with van der Waals surface area (Å²) in [6, 6.07) is 24.7. The van der Waals surface area contributed by atoms with Crippen molar-refractivity contribution in [3.63, 3.8) is 0 Å². The summed E-state index contributed by atoms with van der Waals surface area (Å²) in [4.78, 5) is 13.8. The zero-order valence-corrected chi connectivity index (χ0v) is 16.3. The molecule has 2 nitrogen and oxygen atoms in total. The lowest BCUT2D eigenvalue weighted by molar-refractivity contribution is 0.103. The van der Waals surface area contributed by atoms with Crippen LogP contribution in [0.5, 0.6) is 0 Å². The van der Waals surface area contributed by atoms with Gasteiger partial charge in [0, 0.05) is 10.4 Å². The lowest BCUT2D eigenvalue weighted by atomic mass is 10.0. The molecule has 1 amide bonds. The number of hydrogen-bond acceptors (Lipinski definition) is 2. The van der Waals surface area contributed by atoms with Crippen LogP contribution in [0.3, 0.4) is 0 Å². The fraction of sp³-hybridized carbons (Fsp3) is 0.125. The summed E-state index contributed by atoms with van der Waals surface area (Å²) in [6.45, 7) is 4.13. The number of benzene rings is 3. The number of nitrogens with one attached hydrogen (secondary N) is 1. The molecule has 0 aliphatic heterocycles. The third-order valence-electron chi connectivity index (χ3n) is 4.72. The summed E-state index contributed by atoms with van der Waals surface area (Å²) in [5, 5.41) is 4.22. The average Bonchev–Trinajstić information content (AvgIpc) is 3.04. The molecule has 4 aromatic rings. The Kier molecular flexibility index (Phi) is 4.78. The SMILES string of the molecule is Cc1ccc(Cc2c(C(=O)Nc3ccc(C)cc3)sc3ccccc23)cc1. The minimum absolute atomic E-state index is 0.0397. The van der Waals surface area contributed by atoms with E-state index >= 15 is 0 Å². The van der Waals surface area contributed by atoms with Crippen molar-refractivity contribution < 1.29 is 4.79 Å². The molecule has 0 aliphatic rings. The number of amides is 1. The third kappa shape index (κ3) is 3.79. The first kappa shape index (κ1) is 17.5. The number of aryl methyl sites for hydroxylation is 2. The van der Waals surface area contributed by atoms with Crippen LogP contribution in [0.25, 0.3) is 10.1 Å². The summed E-state index contributed by atoms with van der Waals surface area (Å²) in [5.74, 6) is -0.0397. The fourth-order valence-corrected chi connectivity index (χ4v) is 4.31. The molecule has 4 rings (SSSR count). The molecule has 0 spiro atoms. The van der Waals surface area contributed by atoms with E-state index in [0.717, 1.165) is 32.6 Å². The van der Waals surface area contributed by atoms with Crippen LogP contribution in [0.4, 0.5) is 5.69 Å². The van der Waals surface area contributed by atoms with Gasteiger partial charge in [-0.15, -0.1) is 11.3 Å². The number of thiophene rings is 1. The Morgan fingerprint density at radius 1 is 0.852 bits per heavy atom. The van der Waals surface area contributed by atoms with Crippen LogP contribution in [0, 0.1) is 13.8 Å². The van der Waals surface area contributed by atoms with E-state index in [-0.39, 0.29) is 5.91 Å². The highest BCUT2D eigenvalue weighted by molar-refractivity contribution is 7.21. The zero-order valence-electron chi connectivity index (χ0n) is 15.5. The number of hydrogen-bond donors (Lipinski definition) is 1. The lowest BCUT2D eigenvalue weighted by Crippen LogP contribution is -2.12. The predicted octanol–water partition coefficient (Wildman–Crippen LogP) is 6.36. The summed E-state index contributed by atoms with van der Waals surface area (Å²) in [5.41, 5.74) is 5.56. The van der Waals surface area contributed by atoms with E-state index in [1.807, 2.05) is 43.3 Å². The third-order valence-corrected chi connectivity index (χ3v) is 5.93. The van der Waals surface area contributed by atoms with Gasteiger partial charge in [-0.05, 0) is 55.0 Å². The minimum atomic E-state index is -0.0397. The van der Waals surface area contributed by atoms with Crippen LogP contribution >= 0.6 is 11.3 Å². The van der Waals surface area contributed by atoms with Crippen LogP contribution in [-0.2, 0) is 6.42 Å². The lowest BCUT2D eigenvalue weighted by Gasteiger charge is -2.08. The highest BCUT2D eigenvalue weighted by atomic mass is 32.1. The Hall–Kier alpha value is -2.91.